The third kappa shape index (κ3) is 1.58. The average Bonchev–Trinajstić information content (AvgIpc) is 2.50. The fourth-order valence-corrected chi connectivity index (χ4v) is 2.21. The minimum atomic E-state index is -3.75. The van der Waals surface area contributed by atoms with Gasteiger partial charge in [-0.05, 0) is 12.1 Å². The van der Waals surface area contributed by atoms with Crippen LogP contribution < -0.4 is 0 Å². The molecule has 0 aliphatic rings. The van der Waals surface area contributed by atoms with Gasteiger partial charge in [-0.2, -0.15) is 0 Å². The van der Waals surface area contributed by atoms with Crippen molar-refractivity contribution in [3.63, 3.8) is 0 Å². The second-order valence-corrected chi connectivity index (χ2v) is 5.59. The van der Waals surface area contributed by atoms with Crippen LogP contribution in [0.5, 0.6) is 0 Å². The number of pyridine rings is 1. The van der Waals surface area contributed by atoms with Crippen LogP contribution in [0.1, 0.15) is 0 Å². The largest absolute Gasteiger partial charge is 0.289 e. The molecule has 2 heterocycles. The number of nitrogens with zero attached hydrogens (tertiary/aromatic N) is 2. The Hall–Kier alpha value is -0.780. The Bertz CT molecular complexity index is 591. The van der Waals surface area contributed by atoms with E-state index >= 15 is 0 Å². The molecule has 2 aromatic rings. The minimum absolute atomic E-state index is 0.0304. The van der Waals surface area contributed by atoms with Crippen molar-refractivity contribution < 1.29 is 8.42 Å². The first-order valence-electron chi connectivity index (χ1n) is 3.55. The summed E-state index contributed by atoms with van der Waals surface area (Å²) in [5.74, 6) is 0. The normalized spacial score (nSPS) is 12.1. The van der Waals surface area contributed by atoms with Gasteiger partial charge in [-0.25, -0.2) is 13.4 Å². The molecule has 0 radical (unpaired) electrons. The highest BCUT2D eigenvalue weighted by molar-refractivity contribution is 8.13. The van der Waals surface area contributed by atoms with Crippen molar-refractivity contribution in [2.24, 2.45) is 0 Å². The van der Waals surface area contributed by atoms with Gasteiger partial charge in [0.05, 0.1) is 16.6 Å². The zero-order valence-electron chi connectivity index (χ0n) is 6.68. The van der Waals surface area contributed by atoms with Crippen molar-refractivity contribution in [1.29, 1.82) is 0 Å². The third-order valence-electron chi connectivity index (χ3n) is 1.73. The summed E-state index contributed by atoms with van der Waals surface area (Å²) >= 11 is 5.81. The van der Waals surface area contributed by atoms with E-state index in [0.29, 0.717) is 5.52 Å². The summed E-state index contributed by atoms with van der Waals surface area (Å²) in [5.41, 5.74) is 0.580. The van der Waals surface area contributed by atoms with E-state index in [1.165, 1.54) is 24.7 Å². The molecule has 0 atom stereocenters. The molecule has 0 N–H and O–H groups in total. The number of hydrogen-bond acceptors (Lipinski definition) is 3. The van der Waals surface area contributed by atoms with Crippen molar-refractivity contribution in [2.45, 2.75) is 4.90 Å². The van der Waals surface area contributed by atoms with E-state index in [1.54, 1.807) is 4.40 Å². The van der Waals surface area contributed by atoms with Crippen molar-refractivity contribution in [3.05, 3.63) is 29.8 Å². The lowest BCUT2D eigenvalue weighted by atomic mass is 10.4. The van der Waals surface area contributed by atoms with Gasteiger partial charge in [0.25, 0.3) is 9.05 Å². The zero-order chi connectivity index (χ0) is 10.3. The monoisotopic (exact) mass is 250 g/mol. The standard InChI is InChI=1S/C7H4Cl2N2O2S/c8-7-2-6(14(9,12)13)1-5-3-10-4-11(5)7/h1-4H. The number of halogens is 2. The van der Waals surface area contributed by atoms with Gasteiger partial charge in [0.2, 0.25) is 0 Å². The Morgan fingerprint density at radius 3 is 2.71 bits per heavy atom. The highest BCUT2D eigenvalue weighted by atomic mass is 35.7. The quantitative estimate of drug-likeness (QED) is 0.574. The molecule has 2 aromatic heterocycles. The molecule has 0 fully saturated rings. The van der Waals surface area contributed by atoms with Gasteiger partial charge >= 0.3 is 0 Å². The topological polar surface area (TPSA) is 51.4 Å². The highest BCUT2D eigenvalue weighted by Crippen LogP contribution is 2.22. The van der Waals surface area contributed by atoms with Crippen LogP contribution in [0.2, 0.25) is 5.15 Å². The molecule has 0 aliphatic carbocycles. The van der Waals surface area contributed by atoms with E-state index in [0.717, 1.165) is 0 Å². The Balaban J connectivity index is 2.83. The predicted molar refractivity (Wildman–Crippen MR) is 53.2 cm³/mol. The molecule has 0 amide bonds. The molecule has 7 heteroatoms. The van der Waals surface area contributed by atoms with E-state index in [4.69, 9.17) is 22.3 Å². The molecule has 0 bridgehead atoms. The molecule has 14 heavy (non-hydrogen) atoms. The van der Waals surface area contributed by atoms with Crippen LogP contribution in [0.15, 0.2) is 29.6 Å². The van der Waals surface area contributed by atoms with Gasteiger partial charge in [-0.3, -0.25) is 4.40 Å². The second-order valence-electron chi connectivity index (χ2n) is 2.64. The molecule has 0 saturated carbocycles. The zero-order valence-corrected chi connectivity index (χ0v) is 9.01. The first-order valence-corrected chi connectivity index (χ1v) is 6.23. The fourth-order valence-electron chi connectivity index (χ4n) is 1.11. The van der Waals surface area contributed by atoms with E-state index in [-0.39, 0.29) is 10.0 Å². The van der Waals surface area contributed by atoms with Crippen molar-refractivity contribution in [2.75, 3.05) is 0 Å². The number of hydrogen-bond donors (Lipinski definition) is 0. The number of fused-ring (bicyclic) bond motifs is 1. The molecule has 0 spiro atoms. The Labute approximate surface area is 89.5 Å². The van der Waals surface area contributed by atoms with Gasteiger partial charge < -0.3 is 0 Å². The minimum Gasteiger partial charge on any atom is -0.289 e. The van der Waals surface area contributed by atoms with E-state index in [2.05, 4.69) is 4.98 Å². The average molecular weight is 251 g/mol. The summed E-state index contributed by atoms with van der Waals surface area (Å²) in [7, 11) is 1.43. The van der Waals surface area contributed by atoms with E-state index in [1.807, 2.05) is 0 Å². The summed E-state index contributed by atoms with van der Waals surface area (Å²) in [6, 6.07) is 2.68. The van der Waals surface area contributed by atoms with E-state index < -0.39 is 9.05 Å². The van der Waals surface area contributed by atoms with Gasteiger partial charge in [-0.15, -0.1) is 0 Å². The molecular formula is C7H4Cl2N2O2S. The summed E-state index contributed by atoms with van der Waals surface area (Å²) in [6.45, 7) is 0. The Morgan fingerprint density at radius 2 is 2.07 bits per heavy atom. The summed E-state index contributed by atoms with van der Waals surface area (Å²) < 4.78 is 23.6. The summed E-state index contributed by atoms with van der Waals surface area (Å²) in [6.07, 6.45) is 2.99. The van der Waals surface area contributed by atoms with E-state index in [9.17, 15) is 8.42 Å². The third-order valence-corrected chi connectivity index (χ3v) is 3.35. The lowest BCUT2D eigenvalue weighted by Crippen LogP contribution is -1.93. The maximum Gasteiger partial charge on any atom is 0.261 e. The van der Waals surface area contributed by atoms with Crippen LogP contribution in [0.3, 0.4) is 0 Å². The molecular weight excluding hydrogens is 247 g/mol. The fraction of sp³-hybridized carbons (Fsp3) is 0. The summed E-state index contributed by atoms with van der Waals surface area (Å²) in [4.78, 5) is 3.80. The van der Waals surface area contributed by atoms with Gasteiger partial charge in [-0.1, -0.05) is 11.6 Å². The van der Waals surface area contributed by atoms with Crippen molar-refractivity contribution in [1.82, 2.24) is 9.38 Å². The number of imidazole rings is 1. The van der Waals surface area contributed by atoms with Crippen LogP contribution in [-0.4, -0.2) is 17.8 Å². The second kappa shape index (κ2) is 3.12. The molecule has 74 valence electrons. The molecule has 4 nitrogen and oxygen atoms in total. The van der Waals surface area contributed by atoms with Gasteiger partial charge in [0.15, 0.2) is 0 Å². The lowest BCUT2D eigenvalue weighted by molar-refractivity contribution is 0.609. The highest BCUT2D eigenvalue weighted by Gasteiger charge is 2.12. The van der Waals surface area contributed by atoms with Crippen LogP contribution in [-0.2, 0) is 9.05 Å². The Morgan fingerprint density at radius 1 is 1.36 bits per heavy atom. The molecule has 0 aromatic carbocycles. The lowest BCUT2D eigenvalue weighted by Gasteiger charge is -2.00. The predicted octanol–water partition coefficient (Wildman–Crippen LogP) is 1.92. The number of aromatic nitrogens is 2. The summed E-state index contributed by atoms with van der Waals surface area (Å²) in [5, 5.41) is 0.249. The van der Waals surface area contributed by atoms with Gasteiger partial charge in [0.1, 0.15) is 11.5 Å². The van der Waals surface area contributed by atoms with Crippen LogP contribution in [0, 0.1) is 0 Å². The maximum absolute atomic E-state index is 11.0. The SMILES string of the molecule is O=S(=O)(Cl)c1cc(Cl)n2cncc2c1. The van der Waals surface area contributed by atoms with Gasteiger partial charge in [0, 0.05) is 10.7 Å². The smallest absolute Gasteiger partial charge is 0.261 e. The van der Waals surface area contributed by atoms with Crippen LogP contribution >= 0.6 is 22.3 Å². The van der Waals surface area contributed by atoms with Crippen LogP contribution in [0.4, 0.5) is 0 Å². The molecule has 0 aliphatic heterocycles. The number of rotatable bonds is 1. The van der Waals surface area contributed by atoms with Crippen molar-refractivity contribution >= 4 is 36.9 Å². The van der Waals surface area contributed by atoms with Crippen LogP contribution in [0.25, 0.3) is 5.52 Å². The Kier molecular flexibility index (Phi) is 2.17. The first-order chi connectivity index (χ1) is 6.48. The first kappa shape index (κ1) is 9.76. The maximum atomic E-state index is 11.0. The molecule has 2 rings (SSSR count). The molecule has 0 unspecified atom stereocenters. The van der Waals surface area contributed by atoms with Crippen molar-refractivity contribution in [3.8, 4) is 0 Å². The molecule has 0 saturated heterocycles.